The van der Waals surface area contributed by atoms with Gasteiger partial charge >= 0.3 is 5.97 Å². The van der Waals surface area contributed by atoms with Gasteiger partial charge < -0.3 is 9.57 Å². The van der Waals surface area contributed by atoms with Crippen LogP contribution in [0, 0.1) is 17.8 Å². The number of rotatable bonds is 5. The molecule has 27 heavy (non-hydrogen) atoms. The first-order chi connectivity index (χ1) is 12.9. The number of nitrogens with zero attached hydrogens (tertiary/aromatic N) is 2. The highest BCUT2D eigenvalue weighted by atomic mass is 16.8. The third-order valence-corrected chi connectivity index (χ3v) is 6.21. The van der Waals surface area contributed by atoms with Gasteiger partial charge in [-0.25, -0.2) is 4.79 Å². The minimum absolute atomic E-state index is 0.0182. The predicted molar refractivity (Wildman–Crippen MR) is 91.4 cm³/mol. The van der Waals surface area contributed by atoms with Crippen molar-refractivity contribution in [3.05, 3.63) is 0 Å². The van der Waals surface area contributed by atoms with Crippen LogP contribution < -0.4 is 0 Å². The number of likely N-dealkylation sites (tertiary alicyclic amines) is 1. The summed E-state index contributed by atoms with van der Waals surface area (Å²) in [7, 11) is 0. The highest BCUT2D eigenvalue weighted by Crippen LogP contribution is 2.36. The number of carbonyl (C=O) groups is 4. The molecule has 0 bridgehead atoms. The molecule has 0 aromatic heterocycles. The third-order valence-electron chi connectivity index (χ3n) is 6.21. The van der Waals surface area contributed by atoms with Crippen molar-refractivity contribution in [2.45, 2.75) is 70.6 Å². The van der Waals surface area contributed by atoms with E-state index >= 15 is 0 Å². The van der Waals surface area contributed by atoms with Crippen molar-refractivity contribution >= 4 is 23.7 Å². The molecule has 1 saturated carbocycles. The Kier molecular flexibility index (Phi) is 4.92. The lowest BCUT2D eigenvalue weighted by Crippen LogP contribution is -2.40. The molecular formula is C19H26N2O6. The normalized spacial score (nSPS) is 36.0. The molecule has 3 aliphatic heterocycles. The Balaban J connectivity index is 1.20. The lowest BCUT2D eigenvalue weighted by molar-refractivity contribution is -0.209. The van der Waals surface area contributed by atoms with Gasteiger partial charge in [0.15, 0.2) is 6.23 Å². The van der Waals surface area contributed by atoms with Crippen LogP contribution in [-0.2, 0) is 28.8 Å². The fourth-order valence-electron chi connectivity index (χ4n) is 4.47. The van der Waals surface area contributed by atoms with Crippen LogP contribution in [0.4, 0.5) is 0 Å². The fourth-order valence-corrected chi connectivity index (χ4v) is 4.47. The van der Waals surface area contributed by atoms with E-state index in [-0.39, 0.29) is 54.3 Å². The van der Waals surface area contributed by atoms with E-state index < -0.39 is 0 Å². The topological polar surface area (TPSA) is 96.5 Å². The molecule has 148 valence electrons. The van der Waals surface area contributed by atoms with Gasteiger partial charge in [0.25, 0.3) is 5.91 Å². The van der Waals surface area contributed by atoms with Crippen LogP contribution in [0.3, 0.4) is 0 Å². The zero-order valence-corrected chi connectivity index (χ0v) is 15.6. The van der Waals surface area contributed by atoms with Crippen molar-refractivity contribution in [1.29, 1.82) is 0 Å². The molecular weight excluding hydrogens is 352 g/mol. The molecule has 8 nitrogen and oxygen atoms in total. The van der Waals surface area contributed by atoms with E-state index in [1.54, 1.807) is 6.92 Å². The van der Waals surface area contributed by atoms with E-state index in [9.17, 15) is 19.2 Å². The van der Waals surface area contributed by atoms with Crippen molar-refractivity contribution in [2.24, 2.45) is 17.8 Å². The average molecular weight is 378 g/mol. The standard InChI is InChI=1S/C19H26N2O6/c1-11-8-16(23)20(18(11)25)10-13-4-2-12(3-5-13)9-17(24)27-21-15(22)7-6-14-19(21)26-14/h11-14,19H,2-10H2,1H3. The number of imide groups is 1. The zero-order valence-electron chi connectivity index (χ0n) is 15.6. The van der Waals surface area contributed by atoms with Crippen LogP contribution in [-0.4, -0.2) is 52.5 Å². The average Bonchev–Trinajstić information content (AvgIpc) is 3.38. The van der Waals surface area contributed by atoms with E-state index in [0.29, 0.717) is 31.7 Å². The monoisotopic (exact) mass is 378 g/mol. The third kappa shape index (κ3) is 3.85. The second-order valence-electron chi connectivity index (χ2n) is 8.33. The molecule has 3 unspecified atom stereocenters. The maximum Gasteiger partial charge on any atom is 0.332 e. The van der Waals surface area contributed by atoms with Gasteiger partial charge in [-0.2, -0.15) is 0 Å². The molecule has 3 atom stereocenters. The number of amides is 3. The number of carbonyl (C=O) groups excluding carboxylic acids is 4. The van der Waals surface area contributed by atoms with Gasteiger partial charge in [0.2, 0.25) is 11.8 Å². The van der Waals surface area contributed by atoms with Crippen LogP contribution in [0.25, 0.3) is 0 Å². The van der Waals surface area contributed by atoms with Crippen molar-refractivity contribution in [3.63, 3.8) is 0 Å². The predicted octanol–water partition coefficient (Wildman–Crippen LogP) is 1.38. The van der Waals surface area contributed by atoms with Crippen LogP contribution in [0.15, 0.2) is 0 Å². The van der Waals surface area contributed by atoms with Crippen LogP contribution in [0.5, 0.6) is 0 Å². The summed E-state index contributed by atoms with van der Waals surface area (Å²) in [6.07, 6.45) is 4.79. The number of piperidine rings is 1. The van der Waals surface area contributed by atoms with E-state index in [1.807, 2.05) is 0 Å². The van der Waals surface area contributed by atoms with Crippen LogP contribution in [0.1, 0.15) is 58.3 Å². The van der Waals surface area contributed by atoms with Gasteiger partial charge in [-0.1, -0.05) is 6.92 Å². The molecule has 1 aliphatic carbocycles. The van der Waals surface area contributed by atoms with Gasteiger partial charge in [-0.3, -0.25) is 19.3 Å². The summed E-state index contributed by atoms with van der Waals surface area (Å²) in [6, 6.07) is 0. The molecule has 0 radical (unpaired) electrons. The SMILES string of the molecule is CC1CC(=O)N(CC2CCC(CC(=O)ON3C(=O)CCC4OC43)CC2)C1=O. The zero-order chi connectivity index (χ0) is 19.1. The van der Waals surface area contributed by atoms with Crippen molar-refractivity contribution in [3.8, 4) is 0 Å². The molecule has 8 heteroatoms. The Morgan fingerprint density at radius 3 is 2.44 bits per heavy atom. The molecule has 4 aliphatic rings. The Morgan fingerprint density at radius 1 is 1.07 bits per heavy atom. The highest BCUT2D eigenvalue weighted by Gasteiger charge is 2.52. The van der Waals surface area contributed by atoms with Crippen molar-refractivity contribution in [2.75, 3.05) is 6.54 Å². The van der Waals surface area contributed by atoms with Crippen molar-refractivity contribution < 1.29 is 28.8 Å². The van der Waals surface area contributed by atoms with E-state index in [0.717, 1.165) is 30.7 Å². The van der Waals surface area contributed by atoms with E-state index in [1.165, 1.54) is 4.90 Å². The molecule has 4 rings (SSSR count). The molecule has 0 aromatic rings. The molecule has 0 aromatic carbocycles. The number of fused-ring (bicyclic) bond motifs is 1. The quantitative estimate of drug-likeness (QED) is 0.530. The lowest BCUT2D eigenvalue weighted by Gasteiger charge is -2.30. The highest BCUT2D eigenvalue weighted by molar-refractivity contribution is 6.03. The molecule has 0 N–H and O–H groups in total. The smallest absolute Gasteiger partial charge is 0.332 e. The first-order valence-electron chi connectivity index (χ1n) is 9.95. The first kappa shape index (κ1) is 18.4. The van der Waals surface area contributed by atoms with Crippen LogP contribution in [0.2, 0.25) is 0 Å². The van der Waals surface area contributed by atoms with Gasteiger partial charge in [0.05, 0.1) is 6.42 Å². The summed E-state index contributed by atoms with van der Waals surface area (Å²) in [5.41, 5.74) is 0. The van der Waals surface area contributed by atoms with E-state index in [4.69, 9.17) is 9.57 Å². The Hall–Kier alpha value is -1.96. The second kappa shape index (κ2) is 7.22. The number of ether oxygens (including phenoxy) is 1. The summed E-state index contributed by atoms with van der Waals surface area (Å²) < 4.78 is 5.32. The maximum absolute atomic E-state index is 12.2. The summed E-state index contributed by atoms with van der Waals surface area (Å²) in [4.78, 5) is 54.7. The van der Waals surface area contributed by atoms with E-state index in [2.05, 4.69) is 0 Å². The Labute approximate surface area is 158 Å². The number of hydrogen-bond acceptors (Lipinski definition) is 6. The number of epoxide rings is 1. The summed E-state index contributed by atoms with van der Waals surface area (Å²) in [5, 5.41) is 1.11. The summed E-state index contributed by atoms with van der Waals surface area (Å²) in [6.45, 7) is 2.30. The first-order valence-corrected chi connectivity index (χ1v) is 9.95. The van der Waals surface area contributed by atoms with Gasteiger partial charge in [-0.05, 0) is 43.9 Å². The van der Waals surface area contributed by atoms with Gasteiger partial charge in [0.1, 0.15) is 6.10 Å². The second-order valence-corrected chi connectivity index (χ2v) is 8.33. The Morgan fingerprint density at radius 2 is 1.78 bits per heavy atom. The molecule has 3 saturated heterocycles. The number of hydrogen-bond donors (Lipinski definition) is 0. The number of hydroxylamine groups is 2. The van der Waals surface area contributed by atoms with Crippen molar-refractivity contribution in [1.82, 2.24) is 9.96 Å². The molecule has 0 spiro atoms. The maximum atomic E-state index is 12.2. The minimum Gasteiger partial charge on any atom is -0.344 e. The summed E-state index contributed by atoms with van der Waals surface area (Å²) >= 11 is 0. The van der Waals surface area contributed by atoms with Gasteiger partial charge in [0, 0.05) is 25.3 Å². The largest absolute Gasteiger partial charge is 0.344 e. The molecule has 3 amide bonds. The Bertz CT molecular complexity index is 657. The van der Waals surface area contributed by atoms with Crippen LogP contribution >= 0.6 is 0 Å². The van der Waals surface area contributed by atoms with Gasteiger partial charge in [-0.15, -0.1) is 5.06 Å². The fraction of sp³-hybridized carbons (Fsp3) is 0.789. The molecule has 3 heterocycles. The molecule has 4 fully saturated rings. The summed E-state index contributed by atoms with van der Waals surface area (Å²) in [5.74, 6) is -0.381. The lowest BCUT2D eigenvalue weighted by atomic mass is 9.80. The minimum atomic E-state index is -0.387.